The molecule has 2 amide bonds. The second-order valence-corrected chi connectivity index (χ2v) is 5.78. The van der Waals surface area contributed by atoms with Crippen LogP contribution in [0.25, 0.3) is 0 Å². The van der Waals surface area contributed by atoms with Crippen molar-refractivity contribution in [2.75, 3.05) is 11.9 Å². The van der Waals surface area contributed by atoms with Gasteiger partial charge >= 0.3 is 0 Å². The fourth-order valence-electron chi connectivity index (χ4n) is 1.74. The van der Waals surface area contributed by atoms with Crippen molar-refractivity contribution < 1.29 is 9.59 Å². The fraction of sp³-hybridized carbons (Fsp3) is 0.200. The summed E-state index contributed by atoms with van der Waals surface area (Å²) in [5.41, 5.74) is 0.676. The number of carbonyl (C=O) groups excluding carboxylic acids is 2. The Bertz CT molecular complexity index is 614. The van der Waals surface area contributed by atoms with Gasteiger partial charge in [-0.15, -0.1) is 11.3 Å². The Morgan fingerprint density at radius 1 is 1.19 bits per heavy atom. The first kappa shape index (κ1) is 15.5. The molecule has 6 heteroatoms. The van der Waals surface area contributed by atoms with Gasteiger partial charge in [0.2, 0.25) is 5.91 Å². The third-order valence-electron chi connectivity index (χ3n) is 2.72. The standard InChI is InChI=1S/C15H15ClN2O2S/c16-11-4-1-5-12(10-11)18-14(19)7-2-8-17-15(20)13-6-3-9-21-13/h1,3-6,9-10H,2,7-8H2,(H,17,20)(H,18,19). The summed E-state index contributed by atoms with van der Waals surface area (Å²) in [6.07, 6.45) is 0.931. The molecule has 0 aliphatic rings. The van der Waals surface area contributed by atoms with E-state index in [1.54, 1.807) is 30.3 Å². The maximum Gasteiger partial charge on any atom is 0.261 e. The van der Waals surface area contributed by atoms with E-state index in [4.69, 9.17) is 11.6 Å². The number of benzene rings is 1. The molecule has 1 aromatic heterocycles. The first-order valence-corrected chi connectivity index (χ1v) is 7.78. The number of rotatable bonds is 6. The van der Waals surface area contributed by atoms with Gasteiger partial charge in [0.05, 0.1) is 4.88 Å². The summed E-state index contributed by atoms with van der Waals surface area (Å²) in [6.45, 7) is 0.472. The van der Waals surface area contributed by atoms with Gasteiger partial charge in [-0.1, -0.05) is 23.7 Å². The summed E-state index contributed by atoms with van der Waals surface area (Å²) in [6, 6.07) is 10.6. The van der Waals surface area contributed by atoms with Crippen molar-refractivity contribution in [2.24, 2.45) is 0 Å². The SMILES string of the molecule is O=C(CCCNC(=O)c1cccs1)Nc1cccc(Cl)c1. The largest absolute Gasteiger partial charge is 0.351 e. The number of amides is 2. The van der Waals surface area contributed by atoms with Crippen LogP contribution in [0.2, 0.25) is 5.02 Å². The van der Waals surface area contributed by atoms with Gasteiger partial charge in [0.1, 0.15) is 0 Å². The van der Waals surface area contributed by atoms with Crippen molar-refractivity contribution in [3.8, 4) is 0 Å². The van der Waals surface area contributed by atoms with Crippen LogP contribution in [-0.4, -0.2) is 18.4 Å². The minimum atomic E-state index is -0.0970. The number of hydrogen-bond donors (Lipinski definition) is 2. The number of carbonyl (C=O) groups is 2. The molecule has 4 nitrogen and oxygen atoms in total. The Morgan fingerprint density at radius 3 is 2.76 bits per heavy atom. The first-order chi connectivity index (χ1) is 10.1. The molecule has 1 aromatic carbocycles. The molecular weight excluding hydrogens is 308 g/mol. The van der Waals surface area contributed by atoms with E-state index in [2.05, 4.69) is 10.6 Å². The van der Waals surface area contributed by atoms with Crippen LogP contribution < -0.4 is 10.6 Å². The summed E-state index contributed by atoms with van der Waals surface area (Å²) < 4.78 is 0. The van der Waals surface area contributed by atoms with Gasteiger partial charge < -0.3 is 10.6 Å². The number of hydrogen-bond acceptors (Lipinski definition) is 3. The Kier molecular flexibility index (Phi) is 5.78. The second-order valence-electron chi connectivity index (χ2n) is 4.40. The molecule has 0 aliphatic heterocycles. The molecule has 2 aromatic rings. The predicted octanol–water partition coefficient (Wildman–Crippen LogP) is 3.55. The Balaban J connectivity index is 1.67. The first-order valence-electron chi connectivity index (χ1n) is 6.52. The normalized spacial score (nSPS) is 10.1. The summed E-state index contributed by atoms with van der Waals surface area (Å²) in [7, 11) is 0. The summed E-state index contributed by atoms with van der Waals surface area (Å²) >= 11 is 7.24. The molecule has 0 saturated carbocycles. The number of nitrogens with one attached hydrogen (secondary N) is 2. The van der Waals surface area contributed by atoms with E-state index in [-0.39, 0.29) is 11.8 Å². The van der Waals surface area contributed by atoms with Crippen LogP contribution in [0.1, 0.15) is 22.5 Å². The van der Waals surface area contributed by atoms with Gasteiger partial charge in [-0.25, -0.2) is 0 Å². The van der Waals surface area contributed by atoms with Crippen molar-refractivity contribution >= 4 is 40.4 Å². The zero-order chi connectivity index (χ0) is 15.1. The lowest BCUT2D eigenvalue weighted by molar-refractivity contribution is -0.116. The zero-order valence-corrected chi connectivity index (χ0v) is 12.8. The fourth-order valence-corrected chi connectivity index (χ4v) is 2.57. The smallest absolute Gasteiger partial charge is 0.261 e. The van der Waals surface area contributed by atoms with E-state index >= 15 is 0 Å². The van der Waals surface area contributed by atoms with E-state index in [1.165, 1.54) is 11.3 Å². The third-order valence-corrected chi connectivity index (χ3v) is 3.82. The molecule has 0 unspecified atom stereocenters. The second kappa shape index (κ2) is 7.81. The highest BCUT2D eigenvalue weighted by Crippen LogP contribution is 2.15. The zero-order valence-electron chi connectivity index (χ0n) is 11.3. The van der Waals surface area contributed by atoms with Crippen molar-refractivity contribution in [2.45, 2.75) is 12.8 Å². The molecule has 0 bridgehead atoms. The molecule has 0 radical (unpaired) electrons. The van der Waals surface area contributed by atoms with Gasteiger partial charge in [0, 0.05) is 23.7 Å². The van der Waals surface area contributed by atoms with E-state index in [1.807, 2.05) is 11.4 Å². The molecule has 110 valence electrons. The maximum absolute atomic E-state index is 11.7. The monoisotopic (exact) mass is 322 g/mol. The number of anilines is 1. The van der Waals surface area contributed by atoms with Crippen molar-refractivity contribution in [1.82, 2.24) is 5.32 Å². The van der Waals surface area contributed by atoms with Crippen molar-refractivity contribution in [3.05, 3.63) is 51.7 Å². The lowest BCUT2D eigenvalue weighted by atomic mass is 10.2. The Hall–Kier alpha value is -1.85. The van der Waals surface area contributed by atoms with E-state index in [0.29, 0.717) is 35.0 Å². The minimum absolute atomic E-state index is 0.0948. The Morgan fingerprint density at radius 2 is 2.05 bits per heavy atom. The predicted molar refractivity (Wildman–Crippen MR) is 86.0 cm³/mol. The van der Waals surface area contributed by atoms with Crippen molar-refractivity contribution in [3.63, 3.8) is 0 Å². The molecule has 2 N–H and O–H groups in total. The van der Waals surface area contributed by atoms with Crippen LogP contribution in [0.4, 0.5) is 5.69 Å². The van der Waals surface area contributed by atoms with Crippen molar-refractivity contribution in [1.29, 1.82) is 0 Å². The highest BCUT2D eigenvalue weighted by Gasteiger charge is 2.06. The van der Waals surface area contributed by atoms with Crippen LogP contribution in [0.3, 0.4) is 0 Å². The molecule has 21 heavy (non-hydrogen) atoms. The highest BCUT2D eigenvalue weighted by atomic mass is 35.5. The Labute approximate surface area is 132 Å². The molecular formula is C15H15ClN2O2S. The van der Waals surface area contributed by atoms with Gasteiger partial charge in [-0.3, -0.25) is 9.59 Å². The molecule has 0 fully saturated rings. The number of halogens is 1. The minimum Gasteiger partial charge on any atom is -0.351 e. The quantitative estimate of drug-likeness (QED) is 0.799. The van der Waals surface area contributed by atoms with Crippen LogP contribution >= 0.6 is 22.9 Å². The molecule has 1 heterocycles. The topological polar surface area (TPSA) is 58.2 Å². The number of thiophene rings is 1. The molecule has 0 spiro atoms. The molecule has 0 atom stereocenters. The van der Waals surface area contributed by atoms with Gasteiger partial charge in [0.25, 0.3) is 5.91 Å². The van der Waals surface area contributed by atoms with Crippen LogP contribution in [0, 0.1) is 0 Å². The van der Waals surface area contributed by atoms with Gasteiger partial charge in [-0.2, -0.15) is 0 Å². The lowest BCUT2D eigenvalue weighted by Crippen LogP contribution is -2.24. The van der Waals surface area contributed by atoms with Crippen LogP contribution in [0.15, 0.2) is 41.8 Å². The average Bonchev–Trinajstić information content (AvgIpc) is 2.97. The van der Waals surface area contributed by atoms with Gasteiger partial charge in [0.15, 0.2) is 0 Å². The highest BCUT2D eigenvalue weighted by molar-refractivity contribution is 7.12. The van der Waals surface area contributed by atoms with Gasteiger partial charge in [-0.05, 0) is 36.1 Å². The third kappa shape index (κ3) is 5.21. The average molecular weight is 323 g/mol. The van der Waals surface area contributed by atoms with E-state index < -0.39 is 0 Å². The van der Waals surface area contributed by atoms with E-state index in [9.17, 15) is 9.59 Å². The van der Waals surface area contributed by atoms with E-state index in [0.717, 1.165) is 0 Å². The molecule has 0 aliphatic carbocycles. The molecule has 2 rings (SSSR count). The summed E-state index contributed by atoms with van der Waals surface area (Å²) in [5, 5.41) is 7.98. The van der Waals surface area contributed by atoms with Crippen LogP contribution in [0.5, 0.6) is 0 Å². The maximum atomic E-state index is 11.7. The summed E-state index contributed by atoms with van der Waals surface area (Å²) in [5.74, 6) is -0.192. The van der Waals surface area contributed by atoms with Crippen LogP contribution in [-0.2, 0) is 4.79 Å². The summed E-state index contributed by atoms with van der Waals surface area (Å²) in [4.78, 5) is 24.1. The molecule has 0 saturated heterocycles. The lowest BCUT2D eigenvalue weighted by Gasteiger charge is -2.06.